The van der Waals surface area contributed by atoms with E-state index in [1.807, 2.05) is 90.7 Å². The van der Waals surface area contributed by atoms with Gasteiger partial charge in [-0.1, -0.05) is 69.3 Å². The van der Waals surface area contributed by atoms with Crippen LogP contribution in [-0.4, -0.2) is 26.9 Å². The SMILES string of the molecule is CCc1ccccc1-n1c(C(C)N(CC(C)C)C(=O)c2ccccc2)nc2ccccc2c1=O. The molecule has 0 spiro atoms. The smallest absolute Gasteiger partial charge is 0.266 e. The minimum absolute atomic E-state index is 0.0699. The van der Waals surface area contributed by atoms with Gasteiger partial charge in [0.1, 0.15) is 5.82 Å². The molecule has 0 radical (unpaired) electrons. The lowest BCUT2D eigenvalue weighted by Crippen LogP contribution is -2.39. The zero-order chi connectivity index (χ0) is 24.2. The quantitative estimate of drug-likeness (QED) is 0.355. The Bertz CT molecular complexity index is 1360. The molecule has 0 aliphatic rings. The van der Waals surface area contributed by atoms with Gasteiger partial charge in [-0.25, -0.2) is 4.98 Å². The van der Waals surface area contributed by atoms with E-state index in [4.69, 9.17) is 4.98 Å². The van der Waals surface area contributed by atoms with Gasteiger partial charge in [-0.2, -0.15) is 0 Å². The molecule has 3 aromatic carbocycles. The number of carbonyl (C=O) groups excluding carboxylic acids is 1. The summed E-state index contributed by atoms with van der Waals surface area (Å²) in [5.74, 6) is 0.743. The molecule has 34 heavy (non-hydrogen) atoms. The summed E-state index contributed by atoms with van der Waals surface area (Å²) in [5.41, 5.74) is 3.01. The number of carbonyl (C=O) groups is 1. The summed E-state index contributed by atoms with van der Waals surface area (Å²) >= 11 is 0. The van der Waals surface area contributed by atoms with Gasteiger partial charge in [0, 0.05) is 12.1 Å². The Hall–Kier alpha value is -3.73. The third kappa shape index (κ3) is 4.51. The topological polar surface area (TPSA) is 55.2 Å². The van der Waals surface area contributed by atoms with E-state index in [-0.39, 0.29) is 17.4 Å². The summed E-state index contributed by atoms with van der Waals surface area (Å²) in [7, 11) is 0. The van der Waals surface area contributed by atoms with E-state index in [0.29, 0.717) is 28.8 Å². The maximum absolute atomic E-state index is 13.8. The molecule has 174 valence electrons. The molecular weight excluding hydrogens is 422 g/mol. The monoisotopic (exact) mass is 453 g/mol. The molecule has 5 heteroatoms. The van der Waals surface area contributed by atoms with Crippen molar-refractivity contribution in [3.8, 4) is 5.69 Å². The lowest BCUT2D eigenvalue weighted by Gasteiger charge is -2.32. The molecule has 1 aromatic heterocycles. The largest absolute Gasteiger partial charge is 0.328 e. The van der Waals surface area contributed by atoms with Crippen molar-refractivity contribution < 1.29 is 4.79 Å². The highest BCUT2D eigenvalue weighted by Gasteiger charge is 2.28. The molecule has 4 rings (SSSR count). The number of aromatic nitrogens is 2. The summed E-state index contributed by atoms with van der Waals surface area (Å²) in [4.78, 5) is 34.2. The lowest BCUT2D eigenvalue weighted by molar-refractivity contribution is 0.0655. The average Bonchev–Trinajstić information content (AvgIpc) is 2.87. The van der Waals surface area contributed by atoms with Crippen LogP contribution in [0.5, 0.6) is 0 Å². The minimum Gasteiger partial charge on any atom is -0.328 e. The van der Waals surface area contributed by atoms with Crippen LogP contribution in [0.25, 0.3) is 16.6 Å². The van der Waals surface area contributed by atoms with Gasteiger partial charge in [0.25, 0.3) is 11.5 Å². The van der Waals surface area contributed by atoms with Crippen molar-refractivity contribution in [3.63, 3.8) is 0 Å². The van der Waals surface area contributed by atoms with Gasteiger partial charge in [0.15, 0.2) is 0 Å². The van der Waals surface area contributed by atoms with Gasteiger partial charge >= 0.3 is 0 Å². The second-order valence-corrected chi connectivity index (χ2v) is 9.00. The van der Waals surface area contributed by atoms with Gasteiger partial charge in [-0.3, -0.25) is 14.2 Å². The van der Waals surface area contributed by atoms with E-state index in [1.165, 1.54) is 0 Å². The second-order valence-electron chi connectivity index (χ2n) is 9.00. The number of fused-ring (bicyclic) bond motifs is 1. The van der Waals surface area contributed by atoms with E-state index in [2.05, 4.69) is 20.8 Å². The fourth-order valence-corrected chi connectivity index (χ4v) is 4.39. The van der Waals surface area contributed by atoms with Crippen LogP contribution < -0.4 is 5.56 Å². The molecule has 0 saturated heterocycles. The van der Waals surface area contributed by atoms with Crippen molar-refractivity contribution in [2.45, 2.75) is 40.2 Å². The highest BCUT2D eigenvalue weighted by molar-refractivity contribution is 5.94. The normalized spacial score (nSPS) is 12.1. The number of hydrogen-bond donors (Lipinski definition) is 0. The molecule has 5 nitrogen and oxygen atoms in total. The Labute approximate surface area is 200 Å². The van der Waals surface area contributed by atoms with E-state index < -0.39 is 6.04 Å². The van der Waals surface area contributed by atoms with E-state index in [1.54, 1.807) is 4.57 Å². The molecular formula is C29H31N3O2. The van der Waals surface area contributed by atoms with E-state index in [9.17, 15) is 9.59 Å². The Morgan fingerprint density at radius 1 is 0.912 bits per heavy atom. The number of amides is 1. The van der Waals surface area contributed by atoms with Gasteiger partial charge in [0.2, 0.25) is 0 Å². The predicted molar refractivity (Wildman–Crippen MR) is 137 cm³/mol. The first-order valence-corrected chi connectivity index (χ1v) is 11.9. The molecule has 1 unspecified atom stereocenters. The third-order valence-corrected chi connectivity index (χ3v) is 6.10. The minimum atomic E-state index is -0.419. The Balaban J connectivity index is 1.96. The highest BCUT2D eigenvalue weighted by atomic mass is 16.2. The molecule has 1 atom stereocenters. The molecule has 0 N–H and O–H groups in total. The van der Waals surface area contributed by atoms with Crippen molar-refractivity contribution in [3.05, 3.63) is 106 Å². The second kappa shape index (κ2) is 10.0. The summed E-state index contributed by atoms with van der Waals surface area (Å²) in [6.45, 7) is 8.76. The summed E-state index contributed by atoms with van der Waals surface area (Å²) in [6, 6.07) is 24.2. The zero-order valence-corrected chi connectivity index (χ0v) is 20.2. The van der Waals surface area contributed by atoms with Crippen LogP contribution in [0.1, 0.15) is 55.5 Å². The molecule has 0 saturated carbocycles. The van der Waals surface area contributed by atoms with Crippen molar-refractivity contribution >= 4 is 16.8 Å². The van der Waals surface area contributed by atoms with Crippen LogP contribution in [0, 0.1) is 5.92 Å². The molecule has 0 bridgehead atoms. The van der Waals surface area contributed by atoms with Crippen LogP contribution in [0.4, 0.5) is 0 Å². The van der Waals surface area contributed by atoms with Gasteiger partial charge in [-0.05, 0) is 55.2 Å². The molecule has 0 aliphatic heterocycles. The first-order chi connectivity index (χ1) is 16.4. The summed E-state index contributed by atoms with van der Waals surface area (Å²) < 4.78 is 1.71. The maximum atomic E-state index is 13.8. The van der Waals surface area contributed by atoms with Crippen molar-refractivity contribution in [1.29, 1.82) is 0 Å². The Morgan fingerprint density at radius 2 is 1.56 bits per heavy atom. The number of para-hydroxylation sites is 2. The summed E-state index contributed by atoms with van der Waals surface area (Å²) in [6.07, 6.45) is 0.780. The van der Waals surface area contributed by atoms with Gasteiger partial charge in [-0.15, -0.1) is 0 Å². The van der Waals surface area contributed by atoms with Crippen LogP contribution in [0.3, 0.4) is 0 Å². The number of rotatable bonds is 7. The lowest BCUT2D eigenvalue weighted by atomic mass is 10.1. The third-order valence-electron chi connectivity index (χ3n) is 6.10. The van der Waals surface area contributed by atoms with Crippen LogP contribution in [0.2, 0.25) is 0 Å². The van der Waals surface area contributed by atoms with Gasteiger partial charge in [0.05, 0.1) is 22.6 Å². The standard InChI is InChI=1S/C29H31N3O2/c1-5-22-13-9-12-18-26(22)32-27(30-25-17-11-10-16-24(25)29(32)34)21(4)31(19-20(2)3)28(33)23-14-7-6-8-15-23/h6-18,20-21H,5,19H2,1-4H3. The van der Waals surface area contributed by atoms with E-state index in [0.717, 1.165) is 17.7 Å². The van der Waals surface area contributed by atoms with E-state index >= 15 is 0 Å². The summed E-state index contributed by atoms with van der Waals surface area (Å²) in [5, 5.41) is 0.564. The fourth-order valence-electron chi connectivity index (χ4n) is 4.39. The van der Waals surface area contributed by atoms with Crippen molar-refractivity contribution in [2.75, 3.05) is 6.54 Å². The van der Waals surface area contributed by atoms with Crippen LogP contribution in [0.15, 0.2) is 83.7 Å². The maximum Gasteiger partial charge on any atom is 0.266 e. The number of nitrogens with zero attached hydrogens (tertiary/aromatic N) is 3. The average molecular weight is 454 g/mol. The van der Waals surface area contributed by atoms with Crippen LogP contribution >= 0.6 is 0 Å². The number of hydrogen-bond acceptors (Lipinski definition) is 3. The molecule has 1 amide bonds. The highest BCUT2D eigenvalue weighted by Crippen LogP contribution is 2.26. The predicted octanol–water partition coefficient (Wildman–Crippen LogP) is 5.81. The van der Waals surface area contributed by atoms with Crippen molar-refractivity contribution in [1.82, 2.24) is 14.5 Å². The fraction of sp³-hybridized carbons (Fsp3) is 0.276. The van der Waals surface area contributed by atoms with Gasteiger partial charge < -0.3 is 4.90 Å². The molecule has 0 fully saturated rings. The first kappa shape index (κ1) is 23.4. The van der Waals surface area contributed by atoms with Crippen LogP contribution in [-0.2, 0) is 6.42 Å². The zero-order valence-electron chi connectivity index (χ0n) is 20.2. The molecule has 1 heterocycles. The first-order valence-electron chi connectivity index (χ1n) is 11.9. The number of aryl methyl sites for hydroxylation is 1. The number of benzene rings is 3. The molecule has 4 aromatic rings. The van der Waals surface area contributed by atoms with Crippen molar-refractivity contribution in [2.24, 2.45) is 5.92 Å². The molecule has 0 aliphatic carbocycles. The Morgan fingerprint density at radius 3 is 2.26 bits per heavy atom. The Kier molecular flexibility index (Phi) is 6.92.